The molecule has 0 spiro atoms. The van der Waals surface area contributed by atoms with E-state index in [1.807, 2.05) is 18.7 Å². The molecule has 3 rings (SSSR count). The van der Waals surface area contributed by atoms with Crippen LogP contribution >= 0.6 is 0 Å². The molecular formula is C20H25N3O4. The third kappa shape index (κ3) is 3.97. The van der Waals surface area contributed by atoms with Gasteiger partial charge >= 0.3 is 12.0 Å². The van der Waals surface area contributed by atoms with Gasteiger partial charge in [-0.1, -0.05) is 12.1 Å². The fourth-order valence-electron chi connectivity index (χ4n) is 3.51. The molecule has 0 bridgehead atoms. The van der Waals surface area contributed by atoms with E-state index in [1.165, 1.54) is 0 Å². The lowest BCUT2D eigenvalue weighted by molar-refractivity contribution is 0.0526. The van der Waals surface area contributed by atoms with E-state index in [-0.39, 0.29) is 18.0 Å². The number of hydrogen-bond acceptors (Lipinski definition) is 5. The van der Waals surface area contributed by atoms with Gasteiger partial charge < -0.3 is 19.5 Å². The molecule has 0 unspecified atom stereocenters. The van der Waals surface area contributed by atoms with Crippen molar-refractivity contribution in [1.82, 2.24) is 10.1 Å². The van der Waals surface area contributed by atoms with Crippen molar-refractivity contribution in [2.45, 2.75) is 46.1 Å². The summed E-state index contributed by atoms with van der Waals surface area (Å²) in [5, 5.41) is 6.99. The molecular weight excluding hydrogens is 346 g/mol. The molecule has 1 aliphatic rings. The number of rotatable bonds is 5. The largest absolute Gasteiger partial charge is 0.462 e. The highest BCUT2D eigenvalue weighted by atomic mass is 16.5. The molecule has 2 heterocycles. The number of amides is 2. The maximum Gasteiger partial charge on any atom is 0.338 e. The molecule has 7 nitrogen and oxygen atoms in total. The maximum absolute atomic E-state index is 12.8. The zero-order valence-corrected chi connectivity index (χ0v) is 15.9. The quantitative estimate of drug-likeness (QED) is 0.800. The van der Waals surface area contributed by atoms with E-state index in [0.717, 1.165) is 36.3 Å². The van der Waals surface area contributed by atoms with Crippen molar-refractivity contribution in [3.05, 3.63) is 46.8 Å². The lowest BCUT2D eigenvalue weighted by Gasteiger charge is -2.25. The molecule has 1 saturated heterocycles. The number of carbonyl (C=O) groups is 2. The minimum atomic E-state index is -0.370. The smallest absolute Gasteiger partial charge is 0.338 e. The number of nitrogens with zero attached hydrogens (tertiary/aromatic N) is 2. The number of hydrogen-bond donors (Lipinski definition) is 1. The molecule has 1 N–H and O–H groups in total. The van der Waals surface area contributed by atoms with Gasteiger partial charge in [-0.05, 0) is 51.0 Å². The summed E-state index contributed by atoms with van der Waals surface area (Å²) in [4.78, 5) is 26.4. The molecule has 1 atom stereocenters. The number of aromatic nitrogens is 1. The number of carbonyl (C=O) groups excluding carboxylic acids is 2. The predicted octanol–water partition coefficient (Wildman–Crippen LogP) is 4.09. The normalized spacial score (nSPS) is 16.4. The van der Waals surface area contributed by atoms with E-state index in [9.17, 15) is 9.59 Å². The molecule has 0 aliphatic carbocycles. The summed E-state index contributed by atoms with van der Waals surface area (Å²) in [5.74, 6) is 0.473. The van der Waals surface area contributed by atoms with Crippen LogP contribution in [0.15, 0.2) is 28.8 Å². The monoisotopic (exact) mass is 371 g/mol. The summed E-state index contributed by atoms with van der Waals surface area (Å²) in [6, 6.07) is 6.52. The highest BCUT2D eigenvalue weighted by Crippen LogP contribution is 2.36. The number of benzene rings is 1. The molecule has 7 heteroatoms. The average Bonchev–Trinajstić information content (AvgIpc) is 3.28. The fourth-order valence-corrected chi connectivity index (χ4v) is 3.51. The fraction of sp³-hybridized carbons (Fsp3) is 0.450. The van der Waals surface area contributed by atoms with Crippen LogP contribution in [0.4, 0.5) is 10.5 Å². The number of nitrogens with one attached hydrogen (secondary N) is 1. The molecule has 1 aliphatic heterocycles. The van der Waals surface area contributed by atoms with Crippen LogP contribution in [-0.4, -0.2) is 35.2 Å². The van der Waals surface area contributed by atoms with Gasteiger partial charge in [-0.2, -0.15) is 0 Å². The van der Waals surface area contributed by atoms with E-state index in [1.54, 1.807) is 31.2 Å². The van der Waals surface area contributed by atoms with Crippen LogP contribution in [0.25, 0.3) is 0 Å². The Morgan fingerprint density at radius 1 is 1.30 bits per heavy atom. The van der Waals surface area contributed by atoms with E-state index >= 15 is 0 Å². The predicted molar refractivity (Wildman–Crippen MR) is 101 cm³/mol. The summed E-state index contributed by atoms with van der Waals surface area (Å²) in [7, 11) is 0. The van der Waals surface area contributed by atoms with E-state index < -0.39 is 0 Å². The van der Waals surface area contributed by atoms with Crippen LogP contribution in [0.1, 0.15) is 60.1 Å². The Morgan fingerprint density at radius 3 is 2.70 bits per heavy atom. The van der Waals surface area contributed by atoms with Crippen LogP contribution in [0, 0.1) is 6.92 Å². The van der Waals surface area contributed by atoms with Crippen molar-refractivity contribution in [2.75, 3.05) is 18.5 Å². The first-order valence-corrected chi connectivity index (χ1v) is 9.35. The first kappa shape index (κ1) is 18.9. The lowest BCUT2D eigenvalue weighted by Crippen LogP contribution is -2.34. The third-order valence-electron chi connectivity index (χ3n) is 4.80. The van der Waals surface area contributed by atoms with Crippen molar-refractivity contribution < 1.29 is 18.8 Å². The van der Waals surface area contributed by atoms with E-state index in [0.29, 0.717) is 24.4 Å². The highest BCUT2D eigenvalue weighted by molar-refractivity contribution is 5.92. The van der Waals surface area contributed by atoms with Gasteiger partial charge in [-0.3, -0.25) is 0 Å². The number of urea groups is 1. The number of aryl methyl sites for hydroxylation is 2. The Labute approximate surface area is 158 Å². The summed E-state index contributed by atoms with van der Waals surface area (Å²) in [5.41, 5.74) is 2.97. The first-order chi connectivity index (χ1) is 13.0. The van der Waals surface area contributed by atoms with Crippen LogP contribution in [-0.2, 0) is 11.2 Å². The van der Waals surface area contributed by atoms with Gasteiger partial charge in [0.1, 0.15) is 5.76 Å². The van der Waals surface area contributed by atoms with Gasteiger partial charge in [0.15, 0.2) is 0 Å². The van der Waals surface area contributed by atoms with Crippen LogP contribution in [0.5, 0.6) is 0 Å². The molecule has 2 aromatic rings. The summed E-state index contributed by atoms with van der Waals surface area (Å²) in [6.07, 6.45) is 2.58. The Hall–Kier alpha value is -2.83. The number of likely N-dealkylation sites (tertiary alicyclic amines) is 1. The van der Waals surface area contributed by atoms with Gasteiger partial charge in [0, 0.05) is 24.2 Å². The number of anilines is 1. The molecule has 1 fully saturated rings. The van der Waals surface area contributed by atoms with Crippen molar-refractivity contribution in [3.63, 3.8) is 0 Å². The Kier molecular flexibility index (Phi) is 5.78. The molecule has 144 valence electrons. The third-order valence-corrected chi connectivity index (χ3v) is 4.80. The molecule has 1 aromatic carbocycles. The number of esters is 1. The SMILES string of the molecule is CCOC(=O)c1ccc(NC(=O)N2CCC[C@@H]2c2c(C)noc2CC)cc1. The second kappa shape index (κ2) is 8.24. The minimum Gasteiger partial charge on any atom is -0.462 e. The van der Waals surface area contributed by atoms with Crippen LogP contribution < -0.4 is 5.32 Å². The lowest BCUT2D eigenvalue weighted by atomic mass is 10.0. The molecule has 0 radical (unpaired) electrons. The molecule has 1 aromatic heterocycles. The van der Waals surface area contributed by atoms with Crippen molar-refractivity contribution in [3.8, 4) is 0 Å². The van der Waals surface area contributed by atoms with E-state index in [2.05, 4.69) is 10.5 Å². The molecule has 2 amide bonds. The minimum absolute atomic E-state index is 0.0231. The van der Waals surface area contributed by atoms with Crippen molar-refractivity contribution in [1.29, 1.82) is 0 Å². The van der Waals surface area contributed by atoms with Gasteiger partial charge in [0.2, 0.25) is 0 Å². The van der Waals surface area contributed by atoms with Gasteiger partial charge in [0.05, 0.1) is 23.9 Å². The zero-order valence-electron chi connectivity index (χ0n) is 15.9. The second-order valence-corrected chi connectivity index (χ2v) is 6.54. The standard InChI is InChI=1S/C20H25N3O4/c1-4-17-18(13(3)22-27-17)16-7-6-12-23(16)20(25)21-15-10-8-14(9-11-15)19(24)26-5-2/h8-11,16H,4-7,12H2,1-3H3,(H,21,25)/t16-/m1/s1. The molecule has 0 saturated carbocycles. The summed E-state index contributed by atoms with van der Waals surface area (Å²) < 4.78 is 10.4. The van der Waals surface area contributed by atoms with Crippen LogP contribution in [0.3, 0.4) is 0 Å². The highest BCUT2D eigenvalue weighted by Gasteiger charge is 2.34. The van der Waals surface area contributed by atoms with Gasteiger partial charge in [-0.25, -0.2) is 9.59 Å². The molecule has 27 heavy (non-hydrogen) atoms. The van der Waals surface area contributed by atoms with Gasteiger partial charge in [0.25, 0.3) is 0 Å². The first-order valence-electron chi connectivity index (χ1n) is 9.35. The van der Waals surface area contributed by atoms with Crippen molar-refractivity contribution >= 4 is 17.7 Å². The Bertz CT molecular complexity index is 813. The average molecular weight is 371 g/mol. The summed E-state index contributed by atoms with van der Waals surface area (Å²) in [6.45, 7) is 6.72. The second-order valence-electron chi connectivity index (χ2n) is 6.54. The Morgan fingerprint density at radius 2 is 2.04 bits per heavy atom. The Balaban J connectivity index is 1.72. The topological polar surface area (TPSA) is 84.7 Å². The maximum atomic E-state index is 12.8. The van der Waals surface area contributed by atoms with Crippen LogP contribution in [0.2, 0.25) is 0 Å². The van der Waals surface area contributed by atoms with Crippen molar-refractivity contribution in [2.24, 2.45) is 0 Å². The zero-order chi connectivity index (χ0) is 19.4. The van der Waals surface area contributed by atoms with E-state index in [4.69, 9.17) is 9.26 Å². The number of ether oxygens (including phenoxy) is 1. The summed E-state index contributed by atoms with van der Waals surface area (Å²) >= 11 is 0. The van der Waals surface area contributed by atoms with Gasteiger partial charge in [-0.15, -0.1) is 0 Å².